The second kappa shape index (κ2) is 5.58. The Kier molecular flexibility index (Phi) is 3.63. The molecule has 3 rings (SSSR count). The molecular weight excluding hydrogens is 290 g/mol. The number of rotatable bonds is 4. The van der Waals surface area contributed by atoms with Gasteiger partial charge in [-0.05, 0) is 25.1 Å². The number of benzene rings is 1. The van der Waals surface area contributed by atoms with Gasteiger partial charge in [0.15, 0.2) is 0 Å². The van der Waals surface area contributed by atoms with Crippen LogP contribution in [0.3, 0.4) is 0 Å². The van der Waals surface area contributed by atoms with Gasteiger partial charge in [-0.15, -0.1) is 10.2 Å². The van der Waals surface area contributed by atoms with Gasteiger partial charge in [0, 0.05) is 12.7 Å². The van der Waals surface area contributed by atoms with E-state index in [1.807, 2.05) is 13.0 Å². The lowest BCUT2D eigenvalue weighted by molar-refractivity contribution is 0.102. The predicted molar refractivity (Wildman–Crippen MR) is 79.4 cm³/mol. The van der Waals surface area contributed by atoms with Gasteiger partial charge < -0.3 is 9.72 Å². The summed E-state index contributed by atoms with van der Waals surface area (Å²) in [6.07, 6.45) is 0. The van der Waals surface area contributed by atoms with Crippen molar-refractivity contribution in [3.8, 4) is 0 Å². The fraction of sp³-hybridized carbons (Fsp3) is 0.231. The summed E-state index contributed by atoms with van der Waals surface area (Å²) in [7, 11) is 1.58. The van der Waals surface area contributed by atoms with E-state index >= 15 is 0 Å². The molecule has 0 aliphatic heterocycles. The number of nitrogens with one attached hydrogen (secondary N) is 2. The Bertz CT molecular complexity index is 795. The van der Waals surface area contributed by atoms with Crippen molar-refractivity contribution in [3.63, 3.8) is 0 Å². The Morgan fingerprint density at radius 1 is 1.43 bits per heavy atom. The van der Waals surface area contributed by atoms with E-state index in [0.717, 1.165) is 16.9 Å². The Balaban J connectivity index is 1.79. The molecule has 108 valence electrons. The van der Waals surface area contributed by atoms with Crippen molar-refractivity contribution in [2.75, 3.05) is 12.4 Å². The third-order valence-electron chi connectivity index (χ3n) is 2.82. The highest BCUT2D eigenvalue weighted by molar-refractivity contribution is 7.15. The molecule has 2 N–H and O–H groups in total. The molecule has 0 aliphatic rings. The number of carbonyl (C=O) groups excluding carboxylic acids is 1. The molecule has 0 fully saturated rings. The molecule has 8 heteroatoms. The summed E-state index contributed by atoms with van der Waals surface area (Å²) in [4.78, 5) is 19.6. The lowest BCUT2D eigenvalue weighted by atomic mass is 10.2. The van der Waals surface area contributed by atoms with Gasteiger partial charge in [-0.1, -0.05) is 11.3 Å². The SMILES string of the molecule is COCc1nnc(NC(=O)c2ccc3nc(C)[nH]c3c2)s1. The normalized spacial score (nSPS) is 11.0. The average Bonchev–Trinajstić information content (AvgIpc) is 3.03. The van der Waals surface area contributed by atoms with Gasteiger partial charge >= 0.3 is 0 Å². The van der Waals surface area contributed by atoms with Crippen LogP contribution < -0.4 is 5.32 Å². The zero-order valence-corrected chi connectivity index (χ0v) is 12.3. The first-order valence-corrected chi connectivity index (χ1v) is 7.06. The quantitative estimate of drug-likeness (QED) is 0.770. The van der Waals surface area contributed by atoms with Crippen molar-refractivity contribution in [2.45, 2.75) is 13.5 Å². The van der Waals surface area contributed by atoms with Gasteiger partial charge in [-0.25, -0.2) is 4.98 Å². The molecule has 1 aromatic carbocycles. The number of aryl methyl sites for hydroxylation is 1. The monoisotopic (exact) mass is 303 g/mol. The van der Waals surface area contributed by atoms with Crippen LogP contribution >= 0.6 is 11.3 Å². The Labute approximate surface area is 124 Å². The summed E-state index contributed by atoms with van der Waals surface area (Å²) >= 11 is 1.29. The summed E-state index contributed by atoms with van der Waals surface area (Å²) in [5, 5.41) is 11.7. The van der Waals surface area contributed by atoms with Crippen molar-refractivity contribution >= 4 is 33.4 Å². The summed E-state index contributed by atoms with van der Waals surface area (Å²) in [6, 6.07) is 5.31. The Morgan fingerprint density at radius 3 is 3.10 bits per heavy atom. The maximum atomic E-state index is 12.2. The van der Waals surface area contributed by atoms with Crippen LogP contribution in [0.1, 0.15) is 21.2 Å². The largest absolute Gasteiger partial charge is 0.377 e. The number of hydrogen-bond donors (Lipinski definition) is 2. The minimum absolute atomic E-state index is 0.232. The van der Waals surface area contributed by atoms with E-state index in [-0.39, 0.29) is 5.91 Å². The fourth-order valence-corrected chi connectivity index (χ4v) is 2.64. The summed E-state index contributed by atoms with van der Waals surface area (Å²) in [5.41, 5.74) is 2.20. The highest BCUT2D eigenvalue weighted by Crippen LogP contribution is 2.18. The first kappa shape index (κ1) is 13.7. The standard InChI is InChI=1S/C13H13N5O2S/c1-7-14-9-4-3-8(5-10(9)15-7)12(19)16-13-18-17-11(21-13)6-20-2/h3-5H,6H2,1-2H3,(H,14,15)(H,16,18,19). The second-order valence-electron chi connectivity index (χ2n) is 4.44. The van der Waals surface area contributed by atoms with Gasteiger partial charge in [-0.3, -0.25) is 10.1 Å². The zero-order chi connectivity index (χ0) is 14.8. The second-order valence-corrected chi connectivity index (χ2v) is 5.50. The van der Waals surface area contributed by atoms with Gasteiger partial charge in [0.1, 0.15) is 17.4 Å². The smallest absolute Gasteiger partial charge is 0.257 e. The molecule has 0 unspecified atom stereocenters. The molecule has 0 saturated heterocycles. The molecule has 2 heterocycles. The fourth-order valence-electron chi connectivity index (χ4n) is 1.93. The van der Waals surface area contributed by atoms with E-state index in [1.165, 1.54) is 11.3 Å². The molecule has 0 saturated carbocycles. The van der Waals surface area contributed by atoms with Crippen LogP contribution in [0.5, 0.6) is 0 Å². The number of hydrogen-bond acceptors (Lipinski definition) is 6. The van der Waals surface area contributed by atoms with E-state index < -0.39 is 0 Å². The minimum atomic E-state index is -0.232. The number of anilines is 1. The topological polar surface area (TPSA) is 92.8 Å². The molecule has 0 bridgehead atoms. The molecule has 2 aromatic heterocycles. The van der Waals surface area contributed by atoms with Crippen molar-refractivity contribution < 1.29 is 9.53 Å². The lowest BCUT2D eigenvalue weighted by Crippen LogP contribution is -2.11. The number of carbonyl (C=O) groups is 1. The van der Waals surface area contributed by atoms with Crippen molar-refractivity contribution in [3.05, 3.63) is 34.6 Å². The molecule has 0 aliphatic carbocycles. The van der Waals surface area contributed by atoms with Crippen LogP contribution in [0.15, 0.2) is 18.2 Å². The molecule has 0 radical (unpaired) electrons. The third kappa shape index (κ3) is 2.91. The Hall–Kier alpha value is -2.32. The Morgan fingerprint density at radius 2 is 2.29 bits per heavy atom. The number of nitrogens with zero attached hydrogens (tertiary/aromatic N) is 3. The molecule has 1 amide bonds. The van der Waals surface area contributed by atoms with Crippen molar-refractivity contribution in [1.29, 1.82) is 0 Å². The molecule has 7 nitrogen and oxygen atoms in total. The highest BCUT2D eigenvalue weighted by Gasteiger charge is 2.11. The predicted octanol–water partition coefficient (Wildman–Crippen LogP) is 2.12. The highest BCUT2D eigenvalue weighted by atomic mass is 32.1. The molecule has 0 spiro atoms. The lowest BCUT2D eigenvalue weighted by Gasteiger charge is -2.00. The van der Waals surface area contributed by atoms with Crippen LogP contribution in [0.25, 0.3) is 11.0 Å². The van der Waals surface area contributed by atoms with Crippen LogP contribution in [0, 0.1) is 6.92 Å². The number of methoxy groups -OCH3 is 1. The van der Waals surface area contributed by atoms with Crippen LogP contribution in [0.2, 0.25) is 0 Å². The molecular formula is C13H13N5O2S. The zero-order valence-electron chi connectivity index (χ0n) is 11.5. The van der Waals surface area contributed by atoms with Gasteiger partial charge in [0.25, 0.3) is 5.91 Å². The van der Waals surface area contributed by atoms with Crippen molar-refractivity contribution in [1.82, 2.24) is 20.2 Å². The first-order chi connectivity index (χ1) is 10.2. The average molecular weight is 303 g/mol. The van der Waals surface area contributed by atoms with Gasteiger partial charge in [-0.2, -0.15) is 0 Å². The number of fused-ring (bicyclic) bond motifs is 1. The maximum Gasteiger partial charge on any atom is 0.257 e. The third-order valence-corrected chi connectivity index (χ3v) is 3.63. The maximum absolute atomic E-state index is 12.2. The van der Waals surface area contributed by atoms with E-state index in [2.05, 4.69) is 25.5 Å². The van der Waals surface area contributed by atoms with Crippen LogP contribution in [-0.4, -0.2) is 33.2 Å². The van der Waals surface area contributed by atoms with Crippen LogP contribution in [-0.2, 0) is 11.3 Å². The number of ether oxygens (including phenoxy) is 1. The van der Waals surface area contributed by atoms with Gasteiger partial charge in [0.05, 0.1) is 11.0 Å². The van der Waals surface area contributed by atoms with E-state index in [0.29, 0.717) is 22.3 Å². The van der Waals surface area contributed by atoms with Crippen LogP contribution in [0.4, 0.5) is 5.13 Å². The number of imidazole rings is 1. The number of aromatic nitrogens is 4. The summed E-state index contributed by atoms with van der Waals surface area (Å²) < 4.78 is 4.97. The number of amides is 1. The van der Waals surface area contributed by atoms with E-state index in [9.17, 15) is 4.79 Å². The molecule has 3 aromatic rings. The van der Waals surface area contributed by atoms with E-state index in [4.69, 9.17) is 4.74 Å². The van der Waals surface area contributed by atoms with E-state index in [1.54, 1.807) is 19.2 Å². The number of aromatic amines is 1. The van der Waals surface area contributed by atoms with Gasteiger partial charge in [0.2, 0.25) is 5.13 Å². The molecule has 0 atom stereocenters. The summed E-state index contributed by atoms with van der Waals surface area (Å²) in [6.45, 7) is 2.26. The minimum Gasteiger partial charge on any atom is -0.377 e. The molecule has 21 heavy (non-hydrogen) atoms. The summed E-state index contributed by atoms with van der Waals surface area (Å²) in [5.74, 6) is 0.583. The number of H-pyrrole nitrogens is 1. The van der Waals surface area contributed by atoms with Crippen molar-refractivity contribution in [2.24, 2.45) is 0 Å². The first-order valence-electron chi connectivity index (χ1n) is 6.25.